The van der Waals surface area contributed by atoms with Crippen molar-refractivity contribution in [3.63, 3.8) is 0 Å². The maximum atomic E-state index is 8.37. The number of hydrogen-bond donors (Lipinski definition) is 2. The zero-order valence-electron chi connectivity index (χ0n) is 14.3. The molecule has 9 heteroatoms. The monoisotopic (exact) mass is 412 g/mol. The van der Waals surface area contributed by atoms with E-state index in [1.54, 1.807) is 0 Å². The highest BCUT2D eigenvalue weighted by atomic mass is 32.2. The van der Waals surface area contributed by atoms with Crippen molar-refractivity contribution in [2.24, 2.45) is 0 Å². The summed E-state index contributed by atoms with van der Waals surface area (Å²) in [5.41, 5.74) is 2.27. The van der Waals surface area contributed by atoms with Gasteiger partial charge in [0.2, 0.25) is 0 Å². The van der Waals surface area contributed by atoms with Gasteiger partial charge in [-0.1, -0.05) is 52.5 Å². The van der Waals surface area contributed by atoms with Gasteiger partial charge in [-0.05, 0) is 42.5 Å². The summed E-state index contributed by atoms with van der Waals surface area (Å²) in [4.78, 5) is 0. The fraction of sp³-hybridized carbons (Fsp3) is 0.333. The highest BCUT2D eigenvalue weighted by Crippen LogP contribution is 2.37. The molecule has 0 amide bonds. The van der Waals surface area contributed by atoms with E-state index in [9.17, 15) is 0 Å². The summed E-state index contributed by atoms with van der Waals surface area (Å²) in [5.74, 6) is 0.771. The van der Waals surface area contributed by atoms with Gasteiger partial charge in [-0.15, -0.1) is 8.67 Å². The first-order valence-electron chi connectivity index (χ1n) is 8.37. The normalized spacial score (nSPS) is 22.5. The minimum Gasteiger partial charge on any atom is -0.490 e. The molecule has 0 bridgehead atoms. The molecule has 7 nitrogen and oxygen atoms in total. The first kappa shape index (κ1) is 20.4. The Labute approximate surface area is 165 Å². The summed E-state index contributed by atoms with van der Waals surface area (Å²) in [7, 11) is 0. The molecular weight excluding hydrogens is 392 g/mol. The van der Waals surface area contributed by atoms with E-state index < -0.39 is 0 Å². The lowest BCUT2D eigenvalue weighted by atomic mass is 9.96. The van der Waals surface area contributed by atoms with Crippen LogP contribution in [0, 0.1) is 0 Å². The maximum absolute atomic E-state index is 8.37. The molecule has 27 heavy (non-hydrogen) atoms. The highest BCUT2D eigenvalue weighted by Gasteiger charge is 2.32. The average Bonchev–Trinajstić information content (AvgIpc) is 2.72. The molecule has 1 saturated carbocycles. The summed E-state index contributed by atoms with van der Waals surface area (Å²) in [6.45, 7) is 0. The molecule has 2 unspecified atom stereocenters. The van der Waals surface area contributed by atoms with Crippen molar-refractivity contribution in [3.8, 4) is 16.9 Å². The number of rotatable bonds is 9. The maximum Gasteiger partial charge on any atom is 0.119 e. The van der Waals surface area contributed by atoms with Gasteiger partial charge in [-0.2, -0.15) is 0 Å². The van der Waals surface area contributed by atoms with Gasteiger partial charge in [0.25, 0.3) is 0 Å². The van der Waals surface area contributed by atoms with Crippen molar-refractivity contribution in [2.75, 3.05) is 0 Å². The Bertz CT molecular complexity index is 655. The Hall–Kier alpha value is -1.30. The Morgan fingerprint density at radius 1 is 0.704 bits per heavy atom. The molecule has 2 N–H and O–H groups in total. The van der Waals surface area contributed by atoms with Crippen LogP contribution in [0.4, 0.5) is 0 Å². The fourth-order valence-corrected chi connectivity index (χ4v) is 4.74. The first-order chi connectivity index (χ1) is 13.3. The molecule has 0 aromatic heterocycles. The van der Waals surface area contributed by atoms with Crippen LogP contribution in [-0.2, 0) is 18.7 Å². The minimum atomic E-state index is -0.0825. The van der Waals surface area contributed by atoms with Crippen molar-refractivity contribution in [2.45, 2.75) is 35.9 Å². The van der Waals surface area contributed by atoms with E-state index in [1.807, 2.05) is 42.5 Å². The van der Waals surface area contributed by atoms with Crippen molar-refractivity contribution < 1.29 is 34.0 Å². The van der Waals surface area contributed by atoms with E-state index >= 15 is 0 Å². The summed E-state index contributed by atoms with van der Waals surface area (Å²) >= 11 is 2.05. The molecule has 0 aliphatic heterocycles. The third-order valence-electron chi connectivity index (χ3n) is 4.25. The van der Waals surface area contributed by atoms with Crippen LogP contribution in [0.1, 0.15) is 19.3 Å². The van der Waals surface area contributed by atoms with Crippen LogP contribution in [-0.4, -0.2) is 27.1 Å². The van der Waals surface area contributed by atoms with Crippen molar-refractivity contribution in [3.05, 3.63) is 54.6 Å². The zero-order valence-corrected chi connectivity index (χ0v) is 15.9. The van der Waals surface area contributed by atoms with Gasteiger partial charge in [-0.25, -0.2) is 10.5 Å². The molecule has 0 radical (unpaired) electrons. The molecule has 1 aliphatic rings. The second-order valence-corrected chi connectivity index (χ2v) is 8.05. The van der Waals surface area contributed by atoms with Gasteiger partial charge in [0.15, 0.2) is 0 Å². The van der Waals surface area contributed by atoms with Crippen LogP contribution in [0.25, 0.3) is 11.1 Å². The molecule has 146 valence electrons. The second kappa shape index (κ2) is 10.9. The molecule has 1 fully saturated rings. The van der Waals surface area contributed by atoms with E-state index in [4.69, 9.17) is 15.3 Å². The topological polar surface area (TPSA) is 86.6 Å². The highest BCUT2D eigenvalue weighted by molar-refractivity contribution is 7.96. The molecule has 1 aliphatic carbocycles. The van der Waals surface area contributed by atoms with Gasteiger partial charge in [0.1, 0.15) is 11.9 Å². The summed E-state index contributed by atoms with van der Waals surface area (Å²) in [6, 6.07) is 18.1. The average molecular weight is 412 g/mol. The van der Waals surface area contributed by atoms with E-state index in [1.165, 1.54) is 0 Å². The molecule has 2 aromatic rings. The Morgan fingerprint density at radius 3 is 1.81 bits per heavy atom. The number of hydrogen-bond acceptors (Lipinski definition) is 9. The van der Waals surface area contributed by atoms with E-state index in [0.717, 1.165) is 47.4 Å². The SMILES string of the molecule is OOOSC1CC(Oc2ccc(-c3ccccc3)cc2)CC(SOOO)C1. The third kappa shape index (κ3) is 6.37. The third-order valence-corrected chi connectivity index (χ3v) is 5.85. The van der Waals surface area contributed by atoms with Gasteiger partial charge >= 0.3 is 0 Å². The lowest BCUT2D eigenvalue weighted by molar-refractivity contribution is -0.432. The van der Waals surface area contributed by atoms with Crippen LogP contribution >= 0.6 is 24.1 Å². The summed E-state index contributed by atoms with van der Waals surface area (Å²) in [6.07, 6.45) is 2.06. The van der Waals surface area contributed by atoms with Crippen LogP contribution < -0.4 is 4.74 Å². The molecule has 0 spiro atoms. The standard InChI is InChI=1S/C18H20O7S2/c19-22-24-26-17-10-16(11-18(12-17)27-25-23-20)21-15-8-6-14(7-9-15)13-4-2-1-3-5-13/h1-9,16-20H,10-12H2. The molecular formula is C18H20O7S2. The van der Waals surface area contributed by atoms with Crippen LogP contribution in [0.2, 0.25) is 0 Å². The smallest absolute Gasteiger partial charge is 0.119 e. The van der Waals surface area contributed by atoms with Crippen molar-refractivity contribution in [1.29, 1.82) is 0 Å². The van der Waals surface area contributed by atoms with Crippen LogP contribution in [0.5, 0.6) is 5.75 Å². The van der Waals surface area contributed by atoms with E-state index in [2.05, 4.69) is 30.9 Å². The predicted molar refractivity (Wildman–Crippen MR) is 103 cm³/mol. The largest absolute Gasteiger partial charge is 0.490 e. The van der Waals surface area contributed by atoms with Crippen LogP contribution in [0.3, 0.4) is 0 Å². The van der Waals surface area contributed by atoms with Crippen molar-refractivity contribution in [1.82, 2.24) is 0 Å². The molecule has 2 atom stereocenters. The molecule has 0 heterocycles. The van der Waals surface area contributed by atoms with Gasteiger partial charge in [0.05, 0.1) is 0 Å². The molecule has 3 rings (SSSR count). The quantitative estimate of drug-likeness (QED) is 0.329. The van der Waals surface area contributed by atoms with E-state index in [-0.39, 0.29) is 16.6 Å². The lowest BCUT2D eigenvalue weighted by Gasteiger charge is -2.32. The Morgan fingerprint density at radius 2 is 1.26 bits per heavy atom. The Balaban J connectivity index is 1.61. The van der Waals surface area contributed by atoms with E-state index in [0.29, 0.717) is 12.8 Å². The summed E-state index contributed by atoms with van der Waals surface area (Å²) < 4.78 is 15.3. The van der Waals surface area contributed by atoms with Crippen molar-refractivity contribution >= 4 is 24.1 Å². The zero-order chi connectivity index (χ0) is 18.9. The molecule has 2 aromatic carbocycles. The van der Waals surface area contributed by atoms with Crippen LogP contribution in [0.15, 0.2) is 54.6 Å². The Kier molecular flexibility index (Phi) is 8.24. The second-order valence-electron chi connectivity index (χ2n) is 6.06. The minimum absolute atomic E-state index is 0.0271. The fourth-order valence-electron chi connectivity index (χ4n) is 3.12. The van der Waals surface area contributed by atoms with Gasteiger partial charge in [0, 0.05) is 34.6 Å². The summed E-state index contributed by atoms with van der Waals surface area (Å²) in [5, 5.41) is 24.2. The number of ether oxygens (including phenoxy) is 1. The van der Waals surface area contributed by atoms with Gasteiger partial charge in [-0.3, -0.25) is 0 Å². The lowest BCUT2D eigenvalue weighted by Crippen LogP contribution is -2.33. The molecule has 0 saturated heterocycles. The van der Waals surface area contributed by atoms with Gasteiger partial charge < -0.3 is 4.74 Å². The first-order valence-corrected chi connectivity index (χ1v) is 9.98. The predicted octanol–water partition coefficient (Wildman–Crippen LogP) is 5.16. The number of benzene rings is 2.